The smallest absolute Gasteiger partial charge is 0.143 e. The quantitative estimate of drug-likeness (QED) is 0.0913. The first kappa shape index (κ1) is 32.7. The predicted molar refractivity (Wildman–Crippen MR) is 204 cm³/mol. The molecule has 8 rings (SSSR count). The van der Waals surface area contributed by atoms with E-state index in [1.807, 2.05) is 0 Å². The average molecular weight is 725 g/mol. The van der Waals surface area contributed by atoms with Crippen LogP contribution < -0.4 is 31.8 Å². The Kier molecular flexibility index (Phi) is 11.2. The molecule has 8 aromatic rings. The van der Waals surface area contributed by atoms with Gasteiger partial charge in [0.15, 0.2) is 0 Å². The van der Waals surface area contributed by atoms with Crippen LogP contribution in [-0.4, -0.2) is 0 Å². The summed E-state index contributed by atoms with van der Waals surface area (Å²) in [6.07, 6.45) is 0. The summed E-state index contributed by atoms with van der Waals surface area (Å²) in [6, 6.07) is 75.2. The molecule has 1 radical (unpaired) electrons. The molecular formula is C44H33P2Ru. The van der Waals surface area contributed by atoms with Gasteiger partial charge in [-0.05, 0) is 59.2 Å². The minimum atomic E-state index is -0.575. The summed E-state index contributed by atoms with van der Waals surface area (Å²) in [4.78, 5) is 0. The monoisotopic (exact) mass is 725 g/mol. The van der Waals surface area contributed by atoms with Crippen LogP contribution in [0.25, 0.3) is 21.5 Å². The van der Waals surface area contributed by atoms with Gasteiger partial charge in [0.1, 0.15) is 0 Å². The molecule has 47 heavy (non-hydrogen) atoms. The van der Waals surface area contributed by atoms with Crippen LogP contribution in [0.2, 0.25) is 0 Å². The fourth-order valence-electron chi connectivity index (χ4n) is 5.73. The maximum atomic E-state index is 3.65. The zero-order valence-corrected chi connectivity index (χ0v) is 29.3. The summed E-state index contributed by atoms with van der Waals surface area (Å²) in [5.74, 6) is 0. The summed E-state index contributed by atoms with van der Waals surface area (Å²) in [6.45, 7) is 0. The van der Waals surface area contributed by atoms with Crippen LogP contribution >= 0.6 is 15.8 Å². The first-order chi connectivity index (χ1) is 22.8. The fraction of sp³-hybridized carbons (Fsp3) is 0. The molecule has 0 aliphatic heterocycles. The zero-order valence-electron chi connectivity index (χ0n) is 25.8. The van der Waals surface area contributed by atoms with Crippen LogP contribution in [0.3, 0.4) is 0 Å². The SMILES string of the molecule is [Ru+].[c-]1c(P(c2ccccc2)c2ccccc2)ccc2ccccc12.c1ccc(P(c2ccccc2)c2ccc3ccccc3c2)cc1. The van der Waals surface area contributed by atoms with Gasteiger partial charge in [0.2, 0.25) is 0 Å². The van der Waals surface area contributed by atoms with E-state index in [1.54, 1.807) is 0 Å². The van der Waals surface area contributed by atoms with Crippen LogP contribution in [0.5, 0.6) is 0 Å². The Morgan fingerprint density at radius 3 is 1.23 bits per heavy atom. The third-order valence-corrected chi connectivity index (χ3v) is 12.7. The molecule has 0 unspecified atom stereocenters. The number of hydrogen-bond acceptors (Lipinski definition) is 0. The normalized spacial score (nSPS) is 10.8. The molecule has 0 N–H and O–H groups in total. The Bertz CT molecular complexity index is 1910. The minimum Gasteiger partial charge on any atom is -0.143 e. The van der Waals surface area contributed by atoms with Gasteiger partial charge in [-0.25, -0.2) is 0 Å². The van der Waals surface area contributed by atoms with Crippen molar-refractivity contribution in [2.75, 3.05) is 0 Å². The van der Waals surface area contributed by atoms with Gasteiger partial charge < -0.3 is 0 Å². The molecule has 227 valence electrons. The Morgan fingerprint density at radius 2 is 0.702 bits per heavy atom. The molecule has 0 amide bonds. The average Bonchev–Trinajstić information content (AvgIpc) is 3.14. The Hall–Kier alpha value is -4.24. The maximum absolute atomic E-state index is 3.65. The van der Waals surface area contributed by atoms with E-state index in [9.17, 15) is 0 Å². The zero-order chi connectivity index (χ0) is 31.0. The summed E-state index contributed by atoms with van der Waals surface area (Å²) < 4.78 is 0. The molecular weight excluding hydrogens is 692 g/mol. The molecule has 0 aliphatic carbocycles. The van der Waals surface area contributed by atoms with Gasteiger partial charge in [0, 0.05) is 0 Å². The summed E-state index contributed by atoms with van der Waals surface area (Å²) >= 11 is 0. The van der Waals surface area contributed by atoms with Crippen molar-refractivity contribution >= 4 is 69.2 Å². The summed E-state index contributed by atoms with van der Waals surface area (Å²) in [5, 5.41) is 13.2. The molecule has 0 aliphatic rings. The largest absolute Gasteiger partial charge is 1.00 e. The molecule has 0 spiro atoms. The molecule has 0 heterocycles. The van der Waals surface area contributed by atoms with Crippen molar-refractivity contribution in [3.8, 4) is 0 Å². The van der Waals surface area contributed by atoms with Crippen molar-refractivity contribution in [2.45, 2.75) is 0 Å². The first-order valence-electron chi connectivity index (χ1n) is 15.5. The molecule has 8 aromatic carbocycles. The van der Waals surface area contributed by atoms with Gasteiger partial charge in [-0.2, -0.15) is 0 Å². The van der Waals surface area contributed by atoms with Crippen molar-refractivity contribution in [1.29, 1.82) is 0 Å². The first-order valence-corrected chi connectivity index (χ1v) is 18.2. The van der Waals surface area contributed by atoms with Gasteiger partial charge in [0.25, 0.3) is 0 Å². The number of fused-ring (bicyclic) bond motifs is 2. The van der Waals surface area contributed by atoms with Crippen molar-refractivity contribution < 1.29 is 19.5 Å². The Morgan fingerprint density at radius 1 is 0.298 bits per heavy atom. The van der Waals surface area contributed by atoms with E-state index in [1.165, 1.54) is 53.4 Å². The summed E-state index contributed by atoms with van der Waals surface area (Å²) in [7, 11) is -1.09. The molecule has 0 atom stereocenters. The maximum Gasteiger partial charge on any atom is 1.00 e. The van der Waals surface area contributed by atoms with E-state index in [0.29, 0.717) is 0 Å². The van der Waals surface area contributed by atoms with Crippen molar-refractivity contribution in [1.82, 2.24) is 0 Å². The van der Waals surface area contributed by atoms with Gasteiger partial charge >= 0.3 is 19.5 Å². The van der Waals surface area contributed by atoms with Crippen molar-refractivity contribution in [2.24, 2.45) is 0 Å². The third kappa shape index (κ3) is 7.84. The summed E-state index contributed by atoms with van der Waals surface area (Å²) in [5.41, 5.74) is 0. The van der Waals surface area contributed by atoms with Crippen LogP contribution in [0.15, 0.2) is 200 Å². The molecule has 0 saturated carbocycles. The van der Waals surface area contributed by atoms with E-state index in [0.717, 1.165) is 0 Å². The van der Waals surface area contributed by atoms with Gasteiger partial charge in [-0.3, -0.25) is 0 Å². The van der Waals surface area contributed by atoms with Crippen molar-refractivity contribution in [3.63, 3.8) is 0 Å². The second-order valence-corrected chi connectivity index (χ2v) is 15.4. The number of benzene rings is 8. The van der Waals surface area contributed by atoms with Crippen LogP contribution in [0, 0.1) is 6.07 Å². The van der Waals surface area contributed by atoms with E-state index < -0.39 is 15.8 Å². The van der Waals surface area contributed by atoms with E-state index in [2.05, 4.69) is 206 Å². The Labute approximate surface area is 293 Å². The molecule has 0 aromatic heterocycles. The van der Waals surface area contributed by atoms with E-state index in [-0.39, 0.29) is 19.5 Å². The molecule has 0 fully saturated rings. The second-order valence-electron chi connectivity index (χ2n) is 11.0. The standard InChI is InChI=1S/C22H17P.C22H16P.Ru/c2*1-3-11-20(12-4-1)23(21-13-5-2-6-14-21)22-16-15-18-9-7-8-10-19(18)17-22;/h1-17H;1-16H;/q;-1;+1. The second kappa shape index (κ2) is 16.0. The molecule has 0 bridgehead atoms. The molecule has 0 saturated heterocycles. The van der Waals surface area contributed by atoms with Crippen LogP contribution in [0.4, 0.5) is 0 Å². The van der Waals surface area contributed by atoms with Gasteiger partial charge in [-0.15, -0.1) is 41.1 Å². The Balaban J connectivity index is 0.000000161. The van der Waals surface area contributed by atoms with Gasteiger partial charge in [-0.1, -0.05) is 175 Å². The van der Waals surface area contributed by atoms with Crippen molar-refractivity contribution in [3.05, 3.63) is 206 Å². The van der Waals surface area contributed by atoms with Crippen LogP contribution in [0.1, 0.15) is 0 Å². The topological polar surface area (TPSA) is 0 Å². The van der Waals surface area contributed by atoms with Crippen LogP contribution in [-0.2, 0) is 19.5 Å². The minimum absolute atomic E-state index is 0. The number of rotatable bonds is 6. The number of hydrogen-bond donors (Lipinski definition) is 0. The van der Waals surface area contributed by atoms with E-state index in [4.69, 9.17) is 0 Å². The molecule has 3 heteroatoms. The van der Waals surface area contributed by atoms with Gasteiger partial charge in [0.05, 0.1) is 0 Å². The van der Waals surface area contributed by atoms with E-state index >= 15 is 0 Å². The third-order valence-electron chi connectivity index (χ3n) is 7.93. The fourth-order valence-corrected chi connectivity index (χ4v) is 10.3. The predicted octanol–water partition coefficient (Wildman–Crippen LogP) is 8.99. The molecule has 0 nitrogen and oxygen atoms in total.